The molecule has 0 radical (unpaired) electrons. The third-order valence-electron chi connectivity index (χ3n) is 3.21. The van der Waals surface area contributed by atoms with Crippen LogP contribution >= 0.6 is 15.9 Å². The number of carbonyl (C=O) groups excluding carboxylic acids is 1. The lowest BCUT2D eigenvalue weighted by atomic mass is 9.95. The van der Waals surface area contributed by atoms with Crippen LogP contribution in [0.25, 0.3) is 0 Å². The van der Waals surface area contributed by atoms with Gasteiger partial charge in [0.25, 0.3) is 0 Å². The van der Waals surface area contributed by atoms with E-state index >= 15 is 0 Å². The van der Waals surface area contributed by atoms with Crippen LogP contribution in [0.15, 0.2) is 64.4 Å². The number of urea groups is 1. The lowest BCUT2D eigenvalue weighted by molar-refractivity contribution is 0.217. The van der Waals surface area contributed by atoms with Crippen LogP contribution in [0, 0.1) is 11.3 Å². The second-order valence-corrected chi connectivity index (χ2v) is 5.33. The molecule has 0 unspecified atom stereocenters. The zero-order valence-corrected chi connectivity index (χ0v) is 12.0. The summed E-state index contributed by atoms with van der Waals surface area (Å²) in [5, 5.41) is 12.3. The Hall–Kier alpha value is -2.32. The van der Waals surface area contributed by atoms with Gasteiger partial charge in [-0.3, -0.25) is 4.90 Å². The number of halogens is 1. The summed E-state index contributed by atoms with van der Waals surface area (Å²) < 4.78 is 0.910. The Bertz CT molecular complexity index is 712. The molecule has 1 aromatic carbocycles. The molecule has 98 valence electrons. The van der Waals surface area contributed by atoms with Gasteiger partial charge in [0.15, 0.2) is 0 Å². The van der Waals surface area contributed by atoms with Crippen LogP contribution in [0.4, 0.5) is 4.79 Å². The first kappa shape index (κ1) is 12.7. The zero-order valence-electron chi connectivity index (χ0n) is 10.4. The molecule has 4 nitrogen and oxygen atoms in total. The highest BCUT2D eigenvalue weighted by Crippen LogP contribution is 2.32. The van der Waals surface area contributed by atoms with E-state index in [1.54, 1.807) is 18.4 Å². The molecule has 2 heterocycles. The van der Waals surface area contributed by atoms with Gasteiger partial charge in [-0.25, -0.2) is 4.79 Å². The molecule has 0 fully saturated rings. The molecule has 2 aliphatic rings. The number of hydrogen-bond acceptors (Lipinski definition) is 2. The van der Waals surface area contributed by atoms with Crippen LogP contribution < -0.4 is 5.32 Å². The summed E-state index contributed by atoms with van der Waals surface area (Å²) in [6.07, 6.45) is 7.01. The molecule has 5 heteroatoms. The van der Waals surface area contributed by atoms with Gasteiger partial charge < -0.3 is 5.32 Å². The lowest BCUT2D eigenvalue weighted by Crippen LogP contribution is -2.44. The summed E-state index contributed by atoms with van der Waals surface area (Å²) in [5.41, 5.74) is 2.03. The topological polar surface area (TPSA) is 56.1 Å². The van der Waals surface area contributed by atoms with Crippen molar-refractivity contribution in [1.29, 1.82) is 5.26 Å². The Kier molecular flexibility index (Phi) is 3.17. The number of hydrogen-bond donors (Lipinski definition) is 1. The predicted molar refractivity (Wildman–Crippen MR) is 78.2 cm³/mol. The van der Waals surface area contributed by atoms with Crippen molar-refractivity contribution >= 4 is 22.0 Å². The van der Waals surface area contributed by atoms with Crippen molar-refractivity contribution in [3.63, 3.8) is 0 Å². The molecule has 2 aliphatic heterocycles. The van der Waals surface area contributed by atoms with Gasteiger partial charge in [-0.05, 0) is 29.8 Å². The maximum absolute atomic E-state index is 12.1. The maximum atomic E-state index is 12.1. The van der Waals surface area contributed by atoms with E-state index in [4.69, 9.17) is 0 Å². The first-order chi connectivity index (χ1) is 9.70. The quantitative estimate of drug-likeness (QED) is 0.859. The number of carbonyl (C=O) groups is 1. The van der Waals surface area contributed by atoms with E-state index < -0.39 is 6.04 Å². The van der Waals surface area contributed by atoms with Crippen molar-refractivity contribution in [3.8, 4) is 6.07 Å². The lowest BCUT2D eigenvalue weighted by Gasteiger charge is -2.33. The molecule has 1 N–H and O–H groups in total. The van der Waals surface area contributed by atoms with Gasteiger partial charge in [0.1, 0.15) is 0 Å². The summed E-state index contributed by atoms with van der Waals surface area (Å²) in [7, 11) is 0. The fraction of sp³-hybridized carbons (Fsp3) is 0.0667. The Labute approximate surface area is 124 Å². The second kappa shape index (κ2) is 4.99. The molecule has 0 saturated heterocycles. The highest BCUT2D eigenvalue weighted by Gasteiger charge is 2.32. The van der Waals surface area contributed by atoms with E-state index in [0.717, 1.165) is 10.0 Å². The fourth-order valence-electron chi connectivity index (χ4n) is 2.31. The minimum absolute atomic E-state index is 0.232. The first-order valence-corrected chi connectivity index (χ1v) is 6.84. The van der Waals surface area contributed by atoms with Crippen molar-refractivity contribution in [3.05, 3.63) is 70.0 Å². The van der Waals surface area contributed by atoms with Gasteiger partial charge in [-0.1, -0.05) is 34.1 Å². The van der Waals surface area contributed by atoms with Gasteiger partial charge in [0, 0.05) is 10.7 Å². The molecule has 0 bridgehead atoms. The Morgan fingerprint density at radius 2 is 2.20 bits per heavy atom. The van der Waals surface area contributed by atoms with E-state index in [-0.39, 0.29) is 6.03 Å². The van der Waals surface area contributed by atoms with E-state index in [9.17, 15) is 10.1 Å². The molecule has 20 heavy (non-hydrogen) atoms. The molecule has 0 aliphatic carbocycles. The van der Waals surface area contributed by atoms with Crippen molar-refractivity contribution in [2.24, 2.45) is 0 Å². The number of rotatable bonds is 1. The fourth-order valence-corrected chi connectivity index (χ4v) is 2.73. The van der Waals surface area contributed by atoms with Crippen molar-refractivity contribution < 1.29 is 4.79 Å². The van der Waals surface area contributed by atoms with Crippen LogP contribution in [0.2, 0.25) is 0 Å². The number of benzene rings is 1. The van der Waals surface area contributed by atoms with Crippen LogP contribution in [-0.4, -0.2) is 10.9 Å². The molecule has 0 saturated carbocycles. The number of nitrogens with one attached hydrogen (secondary N) is 1. The summed E-state index contributed by atoms with van der Waals surface area (Å²) in [5.74, 6) is 0. The Morgan fingerprint density at radius 1 is 1.35 bits per heavy atom. The summed E-state index contributed by atoms with van der Waals surface area (Å²) in [6.45, 7) is 0. The molecule has 1 atom stereocenters. The summed E-state index contributed by atoms with van der Waals surface area (Å²) >= 11 is 3.41. The number of amides is 2. The van der Waals surface area contributed by atoms with Crippen molar-refractivity contribution in [2.45, 2.75) is 6.04 Å². The third-order valence-corrected chi connectivity index (χ3v) is 3.71. The smallest absolute Gasteiger partial charge is 0.326 e. The van der Waals surface area contributed by atoms with Gasteiger partial charge in [0.2, 0.25) is 0 Å². The molecule has 2 amide bonds. The van der Waals surface area contributed by atoms with E-state index in [1.165, 1.54) is 4.90 Å². The molecule has 0 aromatic heterocycles. The summed E-state index contributed by atoms with van der Waals surface area (Å²) in [4.78, 5) is 13.6. The summed E-state index contributed by atoms with van der Waals surface area (Å²) in [6, 6.07) is 9.15. The van der Waals surface area contributed by atoms with Gasteiger partial charge in [0.05, 0.1) is 23.4 Å². The number of nitrogens with zero attached hydrogens (tertiary/aromatic N) is 2. The number of fused-ring (bicyclic) bond motifs is 1. The van der Waals surface area contributed by atoms with E-state index in [2.05, 4.69) is 27.3 Å². The molecule has 3 rings (SSSR count). The third kappa shape index (κ3) is 2.04. The van der Waals surface area contributed by atoms with Crippen LogP contribution in [-0.2, 0) is 0 Å². The molecular formula is C15H10BrN3O. The van der Waals surface area contributed by atoms with Gasteiger partial charge in [-0.2, -0.15) is 5.26 Å². The maximum Gasteiger partial charge on any atom is 0.326 e. The van der Waals surface area contributed by atoms with Crippen LogP contribution in [0.1, 0.15) is 11.6 Å². The SMILES string of the molecule is N#CC1=C2C=CC=CN2C(=O)N[C@H]1c1cccc(Br)c1. The average molecular weight is 328 g/mol. The minimum atomic E-state index is -0.424. The van der Waals surface area contributed by atoms with E-state index in [1.807, 2.05) is 30.3 Å². The first-order valence-electron chi connectivity index (χ1n) is 6.05. The average Bonchev–Trinajstić information content (AvgIpc) is 2.47. The minimum Gasteiger partial charge on any atom is -0.326 e. The zero-order chi connectivity index (χ0) is 14.1. The standard InChI is InChI=1S/C15H10BrN3O/c16-11-5-3-4-10(8-11)14-12(9-17)13-6-1-2-7-19(13)15(20)18-14/h1-8,14H,(H,18,20)/t14-/m0/s1. The molecular weight excluding hydrogens is 318 g/mol. The highest BCUT2D eigenvalue weighted by molar-refractivity contribution is 9.10. The highest BCUT2D eigenvalue weighted by atomic mass is 79.9. The van der Waals surface area contributed by atoms with Crippen molar-refractivity contribution in [2.75, 3.05) is 0 Å². The van der Waals surface area contributed by atoms with Gasteiger partial charge >= 0.3 is 6.03 Å². The predicted octanol–water partition coefficient (Wildman–Crippen LogP) is 3.38. The second-order valence-electron chi connectivity index (χ2n) is 4.42. The molecule has 1 aromatic rings. The Balaban J connectivity index is 2.13. The number of nitriles is 1. The largest absolute Gasteiger partial charge is 0.326 e. The van der Waals surface area contributed by atoms with Crippen LogP contribution in [0.5, 0.6) is 0 Å². The normalized spacial score (nSPS) is 20.5. The van der Waals surface area contributed by atoms with Crippen molar-refractivity contribution in [1.82, 2.24) is 10.2 Å². The number of allylic oxidation sites excluding steroid dienone is 3. The van der Waals surface area contributed by atoms with Gasteiger partial charge in [-0.15, -0.1) is 0 Å². The molecule has 0 spiro atoms. The Morgan fingerprint density at radius 3 is 2.95 bits per heavy atom. The van der Waals surface area contributed by atoms with Crippen LogP contribution in [0.3, 0.4) is 0 Å². The monoisotopic (exact) mass is 327 g/mol. The van der Waals surface area contributed by atoms with E-state index in [0.29, 0.717) is 11.3 Å².